The number of nitrogens with one attached hydrogen (secondary N) is 1. The molecule has 1 aliphatic heterocycles. The number of hydrazone groups is 1. The van der Waals surface area contributed by atoms with Gasteiger partial charge in [0.25, 0.3) is 5.56 Å². The van der Waals surface area contributed by atoms with Crippen molar-refractivity contribution in [2.24, 2.45) is 5.10 Å². The zero-order chi connectivity index (χ0) is 22.7. The van der Waals surface area contributed by atoms with E-state index in [1.807, 2.05) is 6.92 Å². The number of aromatic nitrogens is 2. The van der Waals surface area contributed by atoms with E-state index in [0.29, 0.717) is 23.5 Å². The van der Waals surface area contributed by atoms with E-state index in [0.717, 1.165) is 11.0 Å². The van der Waals surface area contributed by atoms with E-state index in [2.05, 4.69) is 10.1 Å². The third-order valence-corrected chi connectivity index (χ3v) is 5.23. The molecule has 1 aliphatic rings. The van der Waals surface area contributed by atoms with Gasteiger partial charge >= 0.3 is 5.69 Å². The predicted octanol–water partition coefficient (Wildman–Crippen LogP) is 1.76. The van der Waals surface area contributed by atoms with Crippen molar-refractivity contribution in [3.05, 3.63) is 50.2 Å². The van der Waals surface area contributed by atoms with Gasteiger partial charge in [0.1, 0.15) is 17.1 Å². The predicted molar refractivity (Wildman–Crippen MR) is 114 cm³/mol. The molecule has 1 aromatic heterocycles. The summed E-state index contributed by atoms with van der Waals surface area (Å²) < 4.78 is 11.8. The molecule has 2 heterocycles. The Kier molecular flexibility index (Phi) is 6.47. The Hall–Kier alpha value is -3.56. The lowest BCUT2D eigenvalue weighted by molar-refractivity contribution is -0.130. The summed E-state index contributed by atoms with van der Waals surface area (Å²) in [7, 11) is 3.04. The van der Waals surface area contributed by atoms with Crippen molar-refractivity contribution in [3.63, 3.8) is 0 Å². The van der Waals surface area contributed by atoms with Crippen LogP contribution in [0.15, 0.2) is 32.9 Å². The molecule has 1 aromatic carbocycles. The van der Waals surface area contributed by atoms with Crippen molar-refractivity contribution in [2.75, 3.05) is 14.2 Å². The highest BCUT2D eigenvalue weighted by Gasteiger charge is 2.36. The number of hydrogen-bond donors (Lipinski definition) is 2. The summed E-state index contributed by atoms with van der Waals surface area (Å²) in [5, 5.41) is 16.3. The molecular weight excluding hydrogens is 404 g/mol. The molecule has 0 aliphatic carbocycles. The summed E-state index contributed by atoms with van der Waals surface area (Å²) >= 11 is 0. The Morgan fingerprint density at radius 1 is 1.29 bits per heavy atom. The minimum Gasteiger partial charge on any atom is -0.497 e. The summed E-state index contributed by atoms with van der Waals surface area (Å²) in [6, 6.07) is 4.65. The Balaban J connectivity index is 2.08. The number of H-pyrrole nitrogens is 1. The molecule has 0 saturated carbocycles. The Morgan fingerprint density at radius 3 is 2.65 bits per heavy atom. The van der Waals surface area contributed by atoms with Crippen molar-refractivity contribution in [1.29, 1.82) is 0 Å². The lowest BCUT2D eigenvalue weighted by Crippen LogP contribution is -2.33. The Labute approximate surface area is 178 Å². The smallest absolute Gasteiger partial charge is 0.331 e. The molecule has 10 nitrogen and oxygen atoms in total. The standard InChI is InChI=1S/C21H26N4O6/c1-5-6-9-24-20(28)18(19(27)22-21(24)29)15-11-16(25(23-15)12(2)26)14-8-7-13(30-3)10-17(14)31-4/h7-8,10,16,28H,5-6,9,11H2,1-4H3,(H,22,27,29). The van der Waals surface area contributed by atoms with Crippen molar-refractivity contribution in [3.8, 4) is 17.4 Å². The maximum Gasteiger partial charge on any atom is 0.331 e. The zero-order valence-corrected chi connectivity index (χ0v) is 18.0. The number of aromatic hydroxyl groups is 1. The summed E-state index contributed by atoms with van der Waals surface area (Å²) in [5.74, 6) is 0.296. The highest BCUT2D eigenvalue weighted by atomic mass is 16.5. The second-order valence-electron chi connectivity index (χ2n) is 7.20. The second-order valence-corrected chi connectivity index (χ2v) is 7.20. The van der Waals surface area contributed by atoms with Gasteiger partial charge in [0.2, 0.25) is 11.8 Å². The number of rotatable bonds is 7. The van der Waals surface area contributed by atoms with E-state index >= 15 is 0 Å². The second kappa shape index (κ2) is 9.07. The van der Waals surface area contributed by atoms with Crippen LogP contribution in [-0.4, -0.2) is 45.5 Å². The van der Waals surface area contributed by atoms with Crippen LogP contribution in [0.5, 0.6) is 17.4 Å². The van der Waals surface area contributed by atoms with E-state index in [1.165, 1.54) is 26.2 Å². The molecule has 1 amide bonds. The molecular formula is C21H26N4O6. The third kappa shape index (κ3) is 4.18. The van der Waals surface area contributed by atoms with Gasteiger partial charge in [-0.3, -0.25) is 19.1 Å². The summed E-state index contributed by atoms with van der Waals surface area (Å²) in [6.07, 6.45) is 1.61. The van der Waals surface area contributed by atoms with E-state index in [1.54, 1.807) is 18.2 Å². The van der Waals surface area contributed by atoms with Gasteiger partial charge in [-0.15, -0.1) is 0 Å². The first-order valence-electron chi connectivity index (χ1n) is 9.98. The Bertz CT molecular complexity index is 1130. The number of carbonyl (C=O) groups excluding carboxylic acids is 1. The van der Waals surface area contributed by atoms with Gasteiger partial charge in [0.05, 0.1) is 26.0 Å². The maximum atomic E-state index is 12.5. The molecule has 10 heteroatoms. The number of ether oxygens (including phenoxy) is 2. The number of hydrogen-bond acceptors (Lipinski definition) is 7. The topological polar surface area (TPSA) is 126 Å². The van der Waals surface area contributed by atoms with Crippen molar-refractivity contribution >= 4 is 11.6 Å². The van der Waals surface area contributed by atoms with Crippen LogP contribution in [0.3, 0.4) is 0 Å². The fraction of sp³-hybridized carbons (Fsp3) is 0.429. The quantitative estimate of drug-likeness (QED) is 0.689. The molecule has 0 spiro atoms. The highest BCUT2D eigenvalue weighted by molar-refractivity contribution is 6.04. The van der Waals surface area contributed by atoms with Crippen LogP contribution in [0, 0.1) is 0 Å². The minimum atomic E-state index is -0.750. The van der Waals surface area contributed by atoms with Crippen LogP contribution in [0.1, 0.15) is 50.3 Å². The molecule has 2 aromatic rings. The van der Waals surface area contributed by atoms with Crippen LogP contribution in [-0.2, 0) is 11.3 Å². The van der Waals surface area contributed by atoms with Gasteiger partial charge < -0.3 is 14.6 Å². The van der Waals surface area contributed by atoms with Crippen molar-refractivity contribution < 1.29 is 19.4 Å². The fourth-order valence-electron chi connectivity index (χ4n) is 3.63. The molecule has 0 fully saturated rings. The van der Waals surface area contributed by atoms with Gasteiger partial charge in [0, 0.05) is 31.5 Å². The van der Waals surface area contributed by atoms with Gasteiger partial charge in [-0.05, 0) is 18.6 Å². The molecule has 0 radical (unpaired) electrons. The van der Waals surface area contributed by atoms with Crippen molar-refractivity contribution in [1.82, 2.24) is 14.6 Å². The molecule has 2 N–H and O–H groups in total. The monoisotopic (exact) mass is 430 g/mol. The van der Waals surface area contributed by atoms with Gasteiger partial charge in [0.15, 0.2) is 0 Å². The fourth-order valence-corrected chi connectivity index (χ4v) is 3.63. The molecule has 0 saturated heterocycles. The maximum absolute atomic E-state index is 12.5. The number of methoxy groups -OCH3 is 2. The van der Waals surface area contributed by atoms with Gasteiger partial charge in [-0.2, -0.15) is 5.10 Å². The number of aromatic amines is 1. The zero-order valence-electron chi connectivity index (χ0n) is 18.0. The average molecular weight is 430 g/mol. The SMILES string of the molecule is CCCCn1c(O)c(C2=NN(C(C)=O)C(c3ccc(OC)cc3OC)C2)c(=O)[nH]c1=O. The largest absolute Gasteiger partial charge is 0.497 e. The van der Waals surface area contributed by atoms with Crippen LogP contribution in [0.4, 0.5) is 0 Å². The summed E-state index contributed by atoms with van der Waals surface area (Å²) in [4.78, 5) is 39.2. The summed E-state index contributed by atoms with van der Waals surface area (Å²) in [6.45, 7) is 3.57. The lowest BCUT2D eigenvalue weighted by Gasteiger charge is -2.22. The highest BCUT2D eigenvalue weighted by Crippen LogP contribution is 2.39. The molecule has 31 heavy (non-hydrogen) atoms. The first-order chi connectivity index (χ1) is 14.8. The van der Waals surface area contributed by atoms with E-state index < -0.39 is 23.2 Å². The molecule has 166 valence electrons. The molecule has 3 rings (SSSR count). The number of carbonyl (C=O) groups is 1. The van der Waals surface area contributed by atoms with Crippen LogP contribution < -0.4 is 20.7 Å². The third-order valence-electron chi connectivity index (χ3n) is 5.23. The molecule has 0 bridgehead atoms. The first-order valence-corrected chi connectivity index (χ1v) is 9.98. The first kappa shape index (κ1) is 22.1. The number of unbranched alkanes of at least 4 members (excludes halogenated alkanes) is 1. The minimum absolute atomic E-state index is 0.114. The van der Waals surface area contributed by atoms with Crippen molar-refractivity contribution in [2.45, 2.75) is 45.7 Å². The number of benzene rings is 1. The molecule has 1 unspecified atom stereocenters. The summed E-state index contributed by atoms with van der Waals surface area (Å²) in [5.41, 5.74) is -0.665. The van der Waals surface area contributed by atoms with E-state index in [9.17, 15) is 19.5 Å². The number of amides is 1. The van der Waals surface area contributed by atoms with Gasteiger partial charge in [-0.1, -0.05) is 13.3 Å². The van der Waals surface area contributed by atoms with Crippen LogP contribution in [0.2, 0.25) is 0 Å². The van der Waals surface area contributed by atoms with E-state index in [4.69, 9.17) is 9.47 Å². The van der Waals surface area contributed by atoms with Crippen LogP contribution >= 0.6 is 0 Å². The van der Waals surface area contributed by atoms with Crippen LogP contribution in [0.25, 0.3) is 0 Å². The normalized spacial score (nSPS) is 15.7. The Morgan fingerprint density at radius 2 is 2.03 bits per heavy atom. The number of nitrogens with zero attached hydrogens (tertiary/aromatic N) is 3. The average Bonchev–Trinajstić information content (AvgIpc) is 3.17. The lowest BCUT2D eigenvalue weighted by atomic mass is 9.98. The van der Waals surface area contributed by atoms with Gasteiger partial charge in [-0.25, -0.2) is 9.80 Å². The molecule has 1 atom stereocenters. The van der Waals surface area contributed by atoms with E-state index in [-0.39, 0.29) is 30.1 Å².